The zero-order valence-electron chi connectivity index (χ0n) is 13.8. The van der Waals surface area contributed by atoms with E-state index < -0.39 is 10.8 Å². The molecule has 0 aromatic heterocycles. The SMILES string of the molecule is Cc1c(NC(=O)/C=C/c2cc(Cl)c3c(c2)OCCO3)cccc1[N+](=O)[O-]. The number of nitro benzene ring substituents is 1. The van der Waals surface area contributed by atoms with Crippen molar-refractivity contribution in [2.75, 3.05) is 18.5 Å². The van der Waals surface area contributed by atoms with Crippen molar-refractivity contribution in [2.45, 2.75) is 6.92 Å². The zero-order valence-corrected chi connectivity index (χ0v) is 14.6. The van der Waals surface area contributed by atoms with Gasteiger partial charge in [0.1, 0.15) is 13.2 Å². The summed E-state index contributed by atoms with van der Waals surface area (Å²) in [6.45, 7) is 2.45. The lowest BCUT2D eigenvalue weighted by molar-refractivity contribution is -0.385. The van der Waals surface area contributed by atoms with Crippen LogP contribution in [0.4, 0.5) is 11.4 Å². The molecule has 0 bridgehead atoms. The van der Waals surface area contributed by atoms with Gasteiger partial charge in [-0.15, -0.1) is 0 Å². The van der Waals surface area contributed by atoms with E-state index >= 15 is 0 Å². The van der Waals surface area contributed by atoms with E-state index in [0.717, 1.165) is 0 Å². The summed E-state index contributed by atoms with van der Waals surface area (Å²) >= 11 is 6.16. The summed E-state index contributed by atoms with van der Waals surface area (Å²) in [7, 11) is 0. The number of hydrogen-bond acceptors (Lipinski definition) is 5. The molecule has 1 aliphatic rings. The molecule has 134 valence electrons. The standard InChI is InChI=1S/C18H15ClN2O5/c1-11-14(3-2-4-15(11)21(23)24)20-17(22)6-5-12-9-13(19)18-16(10-12)25-7-8-26-18/h2-6,9-10H,7-8H2,1H3,(H,20,22)/b6-5+. The van der Waals surface area contributed by atoms with E-state index in [0.29, 0.717) is 46.5 Å². The van der Waals surface area contributed by atoms with E-state index in [1.54, 1.807) is 31.2 Å². The number of rotatable bonds is 4. The van der Waals surface area contributed by atoms with Crippen molar-refractivity contribution >= 4 is 35.0 Å². The number of amides is 1. The summed E-state index contributed by atoms with van der Waals surface area (Å²) in [5, 5.41) is 14.0. The normalized spacial score (nSPS) is 12.8. The molecule has 1 aliphatic heterocycles. The van der Waals surface area contributed by atoms with Gasteiger partial charge in [-0.05, 0) is 36.8 Å². The van der Waals surface area contributed by atoms with Crippen LogP contribution in [0.25, 0.3) is 6.08 Å². The molecule has 0 radical (unpaired) electrons. The summed E-state index contributed by atoms with van der Waals surface area (Å²) in [5.74, 6) is 0.602. The third-order valence-electron chi connectivity index (χ3n) is 3.81. The molecule has 8 heteroatoms. The predicted molar refractivity (Wildman–Crippen MR) is 97.9 cm³/mol. The van der Waals surface area contributed by atoms with Crippen LogP contribution in [-0.4, -0.2) is 24.0 Å². The van der Waals surface area contributed by atoms with Crippen molar-refractivity contribution in [2.24, 2.45) is 0 Å². The first-order valence-electron chi connectivity index (χ1n) is 7.78. The third kappa shape index (κ3) is 3.78. The van der Waals surface area contributed by atoms with Gasteiger partial charge in [0.15, 0.2) is 11.5 Å². The van der Waals surface area contributed by atoms with Gasteiger partial charge in [-0.1, -0.05) is 17.7 Å². The molecule has 0 fully saturated rings. The molecule has 0 atom stereocenters. The monoisotopic (exact) mass is 374 g/mol. The number of ether oxygens (including phenoxy) is 2. The molecule has 3 rings (SSSR count). The quantitative estimate of drug-likeness (QED) is 0.496. The maximum Gasteiger partial charge on any atom is 0.274 e. The van der Waals surface area contributed by atoms with Crippen LogP contribution < -0.4 is 14.8 Å². The minimum Gasteiger partial charge on any atom is -0.486 e. The molecule has 0 spiro atoms. The zero-order chi connectivity index (χ0) is 18.7. The van der Waals surface area contributed by atoms with Crippen molar-refractivity contribution in [3.8, 4) is 11.5 Å². The van der Waals surface area contributed by atoms with Gasteiger partial charge in [-0.3, -0.25) is 14.9 Å². The number of carbonyl (C=O) groups is 1. The van der Waals surface area contributed by atoms with Crippen molar-refractivity contribution in [3.05, 3.63) is 62.7 Å². The number of nitrogens with one attached hydrogen (secondary N) is 1. The first-order valence-corrected chi connectivity index (χ1v) is 8.15. The average molecular weight is 375 g/mol. The lowest BCUT2D eigenvalue weighted by Gasteiger charge is -2.19. The Balaban J connectivity index is 1.76. The van der Waals surface area contributed by atoms with Crippen molar-refractivity contribution in [1.82, 2.24) is 0 Å². The molecule has 0 aliphatic carbocycles. The van der Waals surface area contributed by atoms with Gasteiger partial charge in [-0.2, -0.15) is 0 Å². The maximum absolute atomic E-state index is 12.1. The van der Waals surface area contributed by atoms with Gasteiger partial charge >= 0.3 is 0 Å². The molecule has 7 nitrogen and oxygen atoms in total. The van der Waals surface area contributed by atoms with Crippen molar-refractivity contribution in [1.29, 1.82) is 0 Å². The second-order valence-electron chi connectivity index (χ2n) is 5.56. The van der Waals surface area contributed by atoms with Crippen LogP contribution in [0, 0.1) is 17.0 Å². The minimum absolute atomic E-state index is 0.0506. The second kappa shape index (κ2) is 7.45. The Kier molecular flexibility index (Phi) is 5.09. The summed E-state index contributed by atoms with van der Waals surface area (Å²) in [6.07, 6.45) is 2.89. The van der Waals surface area contributed by atoms with Crippen LogP contribution in [0.5, 0.6) is 11.5 Å². The van der Waals surface area contributed by atoms with E-state index in [4.69, 9.17) is 21.1 Å². The molecular weight excluding hydrogens is 360 g/mol. The van der Waals surface area contributed by atoms with Crippen LogP contribution >= 0.6 is 11.6 Å². The Morgan fingerprint density at radius 1 is 1.31 bits per heavy atom. The molecule has 2 aromatic carbocycles. The van der Waals surface area contributed by atoms with Gasteiger partial charge in [0.25, 0.3) is 5.69 Å². The largest absolute Gasteiger partial charge is 0.486 e. The number of hydrogen-bond donors (Lipinski definition) is 1. The number of fused-ring (bicyclic) bond motifs is 1. The maximum atomic E-state index is 12.1. The van der Waals surface area contributed by atoms with E-state index in [1.165, 1.54) is 18.2 Å². The van der Waals surface area contributed by atoms with Crippen molar-refractivity contribution < 1.29 is 19.2 Å². The molecule has 0 saturated carbocycles. The molecule has 0 unspecified atom stereocenters. The molecule has 26 heavy (non-hydrogen) atoms. The number of nitro groups is 1. The molecule has 1 N–H and O–H groups in total. The average Bonchev–Trinajstić information content (AvgIpc) is 2.61. The highest BCUT2D eigenvalue weighted by molar-refractivity contribution is 6.32. The summed E-state index contributed by atoms with van der Waals surface area (Å²) in [5.41, 5.74) is 1.39. The highest BCUT2D eigenvalue weighted by atomic mass is 35.5. The number of carbonyl (C=O) groups excluding carboxylic acids is 1. The van der Waals surface area contributed by atoms with E-state index in [-0.39, 0.29) is 5.69 Å². The van der Waals surface area contributed by atoms with Gasteiger partial charge in [-0.25, -0.2) is 0 Å². The van der Waals surface area contributed by atoms with Crippen LogP contribution in [0.15, 0.2) is 36.4 Å². The lowest BCUT2D eigenvalue weighted by atomic mass is 10.1. The molecule has 2 aromatic rings. The Morgan fingerprint density at radius 3 is 2.85 bits per heavy atom. The fourth-order valence-corrected chi connectivity index (χ4v) is 2.80. The Labute approximate surface area is 154 Å². The molecular formula is C18H15ClN2O5. The fourth-order valence-electron chi connectivity index (χ4n) is 2.53. The highest BCUT2D eigenvalue weighted by Crippen LogP contribution is 2.38. The van der Waals surface area contributed by atoms with E-state index in [9.17, 15) is 14.9 Å². The highest BCUT2D eigenvalue weighted by Gasteiger charge is 2.16. The number of anilines is 1. The van der Waals surface area contributed by atoms with Gasteiger partial charge in [0.05, 0.1) is 21.2 Å². The number of nitrogens with zero attached hydrogens (tertiary/aromatic N) is 1. The smallest absolute Gasteiger partial charge is 0.274 e. The van der Waals surface area contributed by atoms with Gasteiger partial charge < -0.3 is 14.8 Å². The minimum atomic E-state index is -0.488. The third-order valence-corrected chi connectivity index (χ3v) is 4.09. The molecule has 1 amide bonds. The summed E-state index contributed by atoms with van der Waals surface area (Å²) < 4.78 is 10.9. The van der Waals surface area contributed by atoms with Gasteiger partial charge in [0.2, 0.25) is 5.91 Å². The molecule has 1 heterocycles. The first-order chi connectivity index (χ1) is 12.5. The predicted octanol–water partition coefficient (Wildman–Crippen LogP) is 3.98. The van der Waals surface area contributed by atoms with E-state index in [2.05, 4.69) is 5.32 Å². The fraction of sp³-hybridized carbons (Fsp3) is 0.167. The number of benzene rings is 2. The van der Waals surface area contributed by atoms with Crippen LogP contribution in [0.3, 0.4) is 0 Å². The Bertz CT molecular complexity index is 911. The lowest BCUT2D eigenvalue weighted by Crippen LogP contribution is -2.15. The number of halogens is 1. The van der Waals surface area contributed by atoms with E-state index in [1.807, 2.05) is 0 Å². The second-order valence-corrected chi connectivity index (χ2v) is 5.96. The topological polar surface area (TPSA) is 90.7 Å². The Morgan fingerprint density at radius 2 is 2.08 bits per heavy atom. The van der Waals surface area contributed by atoms with Crippen LogP contribution in [0.2, 0.25) is 5.02 Å². The summed E-state index contributed by atoms with van der Waals surface area (Å²) in [6, 6.07) is 7.90. The van der Waals surface area contributed by atoms with Crippen LogP contribution in [0.1, 0.15) is 11.1 Å². The Hall–Kier alpha value is -3.06. The van der Waals surface area contributed by atoms with Gasteiger partial charge in [0, 0.05) is 12.1 Å². The molecule has 0 saturated heterocycles. The summed E-state index contributed by atoms with van der Waals surface area (Å²) in [4.78, 5) is 22.6. The van der Waals surface area contributed by atoms with Crippen LogP contribution in [-0.2, 0) is 4.79 Å². The first kappa shape index (κ1) is 17.8. The van der Waals surface area contributed by atoms with Crippen molar-refractivity contribution in [3.63, 3.8) is 0 Å².